The number of aliphatic carboxylic acids is 1. The van der Waals surface area contributed by atoms with Crippen LogP contribution in [0.1, 0.15) is 24.8 Å². The summed E-state index contributed by atoms with van der Waals surface area (Å²) in [6, 6.07) is 1.83. The van der Waals surface area contributed by atoms with Gasteiger partial charge in [-0.05, 0) is 27.9 Å². The molecule has 0 saturated heterocycles. The standard InChI is InChI=1S/C10H12BrNO3/c1-6(3-9(13)14)8-4-7(11)5-12-10(8)15-2/h4-6H,3H2,1-2H3,(H,13,14). The van der Waals surface area contributed by atoms with Crippen molar-refractivity contribution in [2.45, 2.75) is 19.3 Å². The highest BCUT2D eigenvalue weighted by atomic mass is 79.9. The van der Waals surface area contributed by atoms with E-state index in [9.17, 15) is 4.79 Å². The SMILES string of the molecule is COc1ncc(Br)cc1C(C)CC(=O)O. The Labute approximate surface area is 96.4 Å². The fourth-order valence-electron chi connectivity index (χ4n) is 1.34. The number of rotatable bonds is 4. The van der Waals surface area contributed by atoms with Gasteiger partial charge in [0.25, 0.3) is 0 Å². The van der Waals surface area contributed by atoms with Gasteiger partial charge < -0.3 is 9.84 Å². The van der Waals surface area contributed by atoms with Gasteiger partial charge in [0.1, 0.15) is 0 Å². The molecule has 1 aromatic heterocycles. The van der Waals surface area contributed by atoms with Crippen LogP contribution >= 0.6 is 15.9 Å². The van der Waals surface area contributed by atoms with E-state index >= 15 is 0 Å². The first-order valence-electron chi connectivity index (χ1n) is 4.45. The minimum atomic E-state index is -0.829. The number of aromatic nitrogens is 1. The van der Waals surface area contributed by atoms with Gasteiger partial charge in [0.2, 0.25) is 5.88 Å². The molecule has 0 radical (unpaired) electrons. The number of nitrogens with zero attached hydrogens (tertiary/aromatic N) is 1. The molecule has 0 spiro atoms. The molecule has 0 amide bonds. The Morgan fingerprint density at radius 1 is 1.73 bits per heavy atom. The summed E-state index contributed by atoms with van der Waals surface area (Å²) >= 11 is 3.29. The fourth-order valence-corrected chi connectivity index (χ4v) is 1.69. The minimum Gasteiger partial charge on any atom is -0.481 e. The molecule has 0 saturated carbocycles. The van der Waals surface area contributed by atoms with E-state index in [4.69, 9.17) is 9.84 Å². The Kier molecular flexibility index (Phi) is 4.08. The van der Waals surface area contributed by atoms with Gasteiger partial charge in [0.05, 0.1) is 13.5 Å². The van der Waals surface area contributed by atoms with Crippen LogP contribution in [0.4, 0.5) is 0 Å². The maximum atomic E-state index is 10.6. The summed E-state index contributed by atoms with van der Waals surface area (Å²) in [6.45, 7) is 1.83. The zero-order valence-electron chi connectivity index (χ0n) is 8.53. The van der Waals surface area contributed by atoms with Crippen molar-refractivity contribution in [2.75, 3.05) is 7.11 Å². The summed E-state index contributed by atoms with van der Waals surface area (Å²) in [5.74, 6) is -0.473. The van der Waals surface area contributed by atoms with Gasteiger partial charge >= 0.3 is 5.97 Å². The molecule has 1 atom stereocenters. The molecule has 1 unspecified atom stereocenters. The second-order valence-electron chi connectivity index (χ2n) is 3.25. The van der Waals surface area contributed by atoms with Gasteiger partial charge in [-0.3, -0.25) is 4.79 Å². The number of ether oxygens (including phenoxy) is 1. The highest BCUT2D eigenvalue weighted by Gasteiger charge is 2.16. The second-order valence-corrected chi connectivity index (χ2v) is 4.17. The van der Waals surface area contributed by atoms with Gasteiger partial charge in [-0.25, -0.2) is 4.98 Å². The van der Waals surface area contributed by atoms with E-state index in [0.29, 0.717) is 5.88 Å². The topological polar surface area (TPSA) is 59.4 Å². The van der Waals surface area contributed by atoms with Crippen LogP contribution in [0.25, 0.3) is 0 Å². The molecule has 0 aliphatic rings. The molecule has 1 rings (SSSR count). The normalized spacial score (nSPS) is 12.2. The lowest BCUT2D eigenvalue weighted by Gasteiger charge is -2.12. The van der Waals surface area contributed by atoms with Crippen molar-refractivity contribution >= 4 is 21.9 Å². The smallest absolute Gasteiger partial charge is 0.303 e. The molecule has 15 heavy (non-hydrogen) atoms. The first-order valence-corrected chi connectivity index (χ1v) is 5.25. The molecule has 1 aromatic rings. The summed E-state index contributed by atoms with van der Waals surface area (Å²) in [5, 5.41) is 8.71. The van der Waals surface area contributed by atoms with Crippen molar-refractivity contribution < 1.29 is 14.6 Å². The molecular weight excluding hydrogens is 262 g/mol. The van der Waals surface area contributed by atoms with Crippen molar-refractivity contribution in [2.24, 2.45) is 0 Å². The minimum absolute atomic E-state index is 0.0640. The molecule has 0 aromatic carbocycles. The van der Waals surface area contributed by atoms with Crippen molar-refractivity contribution in [3.8, 4) is 5.88 Å². The maximum absolute atomic E-state index is 10.6. The van der Waals surface area contributed by atoms with Crippen LogP contribution in [0.2, 0.25) is 0 Å². The molecule has 0 aliphatic heterocycles. The number of carboxylic acid groups (broad SMARTS) is 1. The third-order valence-corrected chi connectivity index (χ3v) is 2.48. The van der Waals surface area contributed by atoms with Crippen molar-refractivity contribution in [1.82, 2.24) is 4.98 Å². The zero-order valence-corrected chi connectivity index (χ0v) is 10.1. The van der Waals surface area contributed by atoms with E-state index in [2.05, 4.69) is 20.9 Å². The number of hydrogen-bond acceptors (Lipinski definition) is 3. The Morgan fingerprint density at radius 3 is 2.93 bits per heavy atom. The molecule has 1 N–H and O–H groups in total. The Balaban J connectivity index is 2.99. The van der Waals surface area contributed by atoms with Crippen molar-refractivity contribution in [3.63, 3.8) is 0 Å². The average molecular weight is 274 g/mol. The number of pyridine rings is 1. The third-order valence-electron chi connectivity index (χ3n) is 2.05. The lowest BCUT2D eigenvalue weighted by atomic mass is 9.99. The predicted octanol–water partition coefficient (Wildman–Crippen LogP) is 2.43. The molecule has 4 nitrogen and oxygen atoms in total. The molecule has 0 fully saturated rings. The van der Waals surface area contributed by atoms with Crippen LogP contribution in [0.3, 0.4) is 0 Å². The van der Waals surface area contributed by atoms with Crippen LogP contribution in [0.15, 0.2) is 16.7 Å². The van der Waals surface area contributed by atoms with Gasteiger partial charge in [-0.2, -0.15) is 0 Å². The highest BCUT2D eigenvalue weighted by Crippen LogP contribution is 2.29. The number of hydrogen-bond donors (Lipinski definition) is 1. The van der Waals surface area contributed by atoms with Crippen molar-refractivity contribution in [1.29, 1.82) is 0 Å². The lowest BCUT2D eigenvalue weighted by Crippen LogP contribution is -2.05. The first kappa shape index (κ1) is 12.0. The number of methoxy groups -OCH3 is 1. The van der Waals surface area contributed by atoms with E-state index in [1.54, 1.807) is 6.20 Å². The summed E-state index contributed by atoms with van der Waals surface area (Å²) < 4.78 is 5.89. The third kappa shape index (κ3) is 3.20. The number of halogens is 1. The van der Waals surface area contributed by atoms with Crippen LogP contribution < -0.4 is 4.74 Å². The summed E-state index contributed by atoms with van der Waals surface area (Å²) in [5.41, 5.74) is 0.800. The summed E-state index contributed by atoms with van der Waals surface area (Å²) in [7, 11) is 1.52. The van der Waals surface area contributed by atoms with Crippen LogP contribution in [0.5, 0.6) is 5.88 Å². The quantitative estimate of drug-likeness (QED) is 0.916. The Hall–Kier alpha value is -1.10. The summed E-state index contributed by atoms with van der Waals surface area (Å²) in [6.07, 6.45) is 1.68. The Bertz CT molecular complexity index is 368. The second kappa shape index (κ2) is 5.11. The van der Waals surface area contributed by atoms with E-state index in [1.165, 1.54) is 7.11 Å². The van der Waals surface area contributed by atoms with E-state index in [-0.39, 0.29) is 12.3 Å². The molecule has 1 heterocycles. The van der Waals surface area contributed by atoms with Gasteiger partial charge in [0.15, 0.2) is 0 Å². The van der Waals surface area contributed by atoms with E-state index in [1.807, 2.05) is 13.0 Å². The van der Waals surface area contributed by atoms with Gasteiger partial charge in [0, 0.05) is 16.2 Å². The van der Waals surface area contributed by atoms with Crippen LogP contribution in [-0.4, -0.2) is 23.2 Å². The van der Waals surface area contributed by atoms with E-state index < -0.39 is 5.97 Å². The molecule has 0 aliphatic carbocycles. The largest absolute Gasteiger partial charge is 0.481 e. The average Bonchev–Trinajstić information content (AvgIpc) is 2.16. The van der Waals surface area contributed by atoms with Crippen LogP contribution in [-0.2, 0) is 4.79 Å². The van der Waals surface area contributed by atoms with Gasteiger partial charge in [-0.15, -0.1) is 0 Å². The maximum Gasteiger partial charge on any atom is 0.303 e. The first-order chi connectivity index (χ1) is 7.04. The monoisotopic (exact) mass is 273 g/mol. The lowest BCUT2D eigenvalue weighted by molar-refractivity contribution is -0.137. The van der Waals surface area contributed by atoms with Crippen molar-refractivity contribution in [3.05, 3.63) is 22.3 Å². The van der Waals surface area contributed by atoms with E-state index in [0.717, 1.165) is 10.0 Å². The Morgan fingerprint density at radius 2 is 2.40 bits per heavy atom. The molecule has 82 valence electrons. The molecular formula is C10H12BrNO3. The highest BCUT2D eigenvalue weighted by molar-refractivity contribution is 9.10. The molecule has 0 bridgehead atoms. The van der Waals surface area contributed by atoms with Gasteiger partial charge in [-0.1, -0.05) is 6.92 Å². The van der Waals surface area contributed by atoms with Crippen LogP contribution in [0, 0.1) is 0 Å². The molecule has 5 heteroatoms. The summed E-state index contributed by atoms with van der Waals surface area (Å²) in [4.78, 5) is 14.7. The fraction of sp³-hybridized carbons (Fsp3) is 0.400. The predicted molar refractivity (Wildman–Crippen MR) is 59.2 cm³/mol. The zero-order chi connectivity index (χ0) is 11.4. The number of carbonyl (C=O) groups is 1. The number of carboxylic acids is 1.